The molecule has 7 heteroatoms. The smallest absolute Gasteiger partial charge is 0.164 e. The van der Waals surface area contributed by atoms with Crippen LogP contribution in [-0.4, -0.2) is 20.9 Å². The summed E-state index contributed by atoms with van der Waals surface area (Å²) < 4.78 is 1.14. The van der Waals surface area contributed by atoms with Gasteiger partial charge in [-0.1, -0.05) is 85.7 Å². The summed E-state index contributed by atoms with van der Waals surface area (Å²) in [5, 5.41) is 10.1. The summed E-state index contributed by atoms with van der Waals surface area (Å²) in [7, 11) is 0. The van der Waals surface area contributed by atoms with Crippen LogP contribution in [0.2, 0.25) is 0 Å². The molecule has 0 amide bonds. The number of rotatable bonds is 10. The number of ketones is 1. The van der Waals surface area contributed by atoms with E-state index in [1.54, 1.807) is 17.7 Å². The minimum absolute atomic E-state index is 0. The van der Waals surface area contributed by atoms with Gasteiger partial charge in [0.05, 0.1) is 5.52 Å². The Kier molecular flexibility index (Phi) is 13.5. The molecule has 0 aliphatic heterocycles. The van der Waals surface area contributed by atoms with Gasteiger partial charge < -0.3 is 5.11 Å². The number of benzene rings is 2. The molecule has 0 saturated carbocycles. The molecule has 0 fully saturated rings. The number of hydrogen-bond donors (Lipinski definition) is 1. The first kappa shape index (κ1) is 38.5. The van der Waals surface area contributed by atoms with Gasteiger partial charge in [-0.3, -0.25) is 9.78 Å². The van der Waals surface area contributed by atoms with Crippen molar-refractivity contribution in [3.63, 3.8) is 0 Å². The summed E-state index contributed by atoms with van der Waals surface area (Å²) in [5.41, 5.74) is 7.28. The Morgan fingerprint density at radius 3 is 2.06 bits per heavy atom. The van der Waals surface area contributed by atoms with Crippen LogP contribution in [0.1, 0.15) is 83.9 Å². The van der Waals surface area contributed by atoms with Crippen molar-refractivity contribution in [2.45, 2.75) is 88.0 Å². The van der Waals surface area contributed by atoms with Crippen LogP contribution in [0.4, 0.5) is 0 Å². The zero-order valence-electron chi connectivity index (χ0n) is 29.1. The number of aryl methyl sites for hydroxylation is 3. The number of nitrogens with zero attached hydrogens (tertiary/aromatic N) is 2. The maximum atomic E-state index is 12.2. The molecule has 0 aliphatic rings. The van der Waals surface area contributed by atoms with Gasteiger partial charge in [0.2, 0.25) is 0 Å². The fourth-order valence-corrected chi connectivity index (χ4v) is 7.82. The molecule has 0 unspecified atom stereocenters. The van der Waals surface area contributed by atoms with E-state index >= 15 is 0 Å². The molecular formula is C40H47IrN2O2S2-. The van der Waals surface area contributed by atoms with Crippen LogP contribution in [-0.2, 0) is 24.9 Å². The van der Waals surface area contributed by atoms with Crippen LogP contribution in [0.5, 0.6) is 0 Å². The molecule has 0 saturated heterocycles. The number of allylic oxidation sites excluding steroid dienone is 2. The number of aromatic nitrogens is 2. The molecule has 0 atom stereocenters. The fourth-order valence-electron chi connectivity index (χ4n) is 5.37. The van der Waals surface area contributed by atoms with E-state index in [-0.39, 0.29) is 42.5 Å². The summed E-state index contributed by atoms with van der Waals surface area (Å²) in [6.45, 7) is 18.4. The van der Waals surface area contributed by atoms with Crippen molar-refractivity contribution in [2.75, 3.05) is 0 Å². The van der Waals surface area contributed by atoms with Crippen LogP contribution < -0.4 is 0 Å². The van der Waals surface area contributed by atoms with E-state index in [0.717, 1.165) is 52.7 Å². The van der Waals surface area contributed by atoms with Gasteiger partial charge in [-0.05, 0) is 55.9 Å². The van der Waals surface area contributed by atoms with Crippen molar-refractivity contribution in [1.82, 2.24) is 9.97 Å². The Hall–Kier alpha value is -2.96. The third-order valence-electron chi connectivity index (χ3n) is 9.60. The Morgan fingerprint density at radius 2 is 1.47 bits per heavy atom. The third-order valence-corrected chi connectivity index (χ3v) is 12.2. The van der Waals surface area contributed by atoms with Gasteiger partial charge in [0, 0.05) is 62.0 Å². The first-order valence-electron chi connectivity index (χ1n) is 16.3. The molecule has 0 spiro atoms. The number of aliphatic hydroxyl groups excluding tert-OH is 1. The topological polar surface area (TPSA) is 63.1 Å². The van der Waals surface area contributed by atoms with Gasteiger partial charge in [0.25, 0.3) is 0 Å². The second kappa shape index (κ2) is 16.4. The molecule has 47 heavy (non-hydrogen) atoms. The van der Waals surface area contributed by atoms with Crippen molar-refractivity contribution in [3.8, 4) is 31.5 Å². The SMILES string of the molecule is CCC(C)(CC)C(=O)/C=C(\O)C(C)(CC)CC.Cc1[c-]c(-c2ncnc3c(C)c(-c4ccc(-c5ccccc5)s4)sc23)cc(C)c1.[Ir]. The van der Waals surface area contributed by atoms with E-state index in [4.69, 9.17) is 0 Å². The quantitative estimate of drug-likeness (QED) is 0.0864. The van der Waals surface area contributed by atoms with Crippen molar-refractivity contribution in [2.24, 2.45) is 10.8 Å². The van der Waals surface area contributed by atoms with E-state index in [0.29, 0.717) is 0 Å². The molecule has 4 nitrogen and oxygen atoms in total. The van der Waals surface area contributed by atoms with Crippen LogP contribution in [0.15, 0.2) is 72.8 Å². The first-order valence-corrected chi connectivity index (χ1v) is 17.9. The molecular weight excluding hydrogens is 797 g/mol. The zero-order chi connectivity index (χ0) is 33.6. The van der Waals surface area contributed by atoms with E-state index < -0.39 is 0 Å². The van der Waals surface area contributed by atoms with Gasteiger partial charge in [-0.15, -0.1) is 57.6 Å². The predicted octanol–water partition coefficient (Wildman–Crippen LogP) is 12.1. The molecule has 1 radical (unpaired) electrons. The van der Waals surface area contributed by atoms with Gasteiger partial charge in [-0.2, -0.15) is 0 Å². The van der Waals surface area contributed by atoms with E-state index in [1.165, 1.54) is 37.4 Å². The summed E-state index contributed by atoms with van der Waals surface area (Å²) in [5.74, 6) is 0.286. The van der Waals surface area contributed by atoms with E-state index in [9.17, 15) is 9.90 Å². The molecule has 2 aromatic carbocycles. The van der Waals surface area contributed by atoms with Gasteiger partial charge in [0.15, 0.2) is 5.78 Å². The number of aliphatic hydroxyl groups is 1. The molecule has 3 heterocycles. The summed E-state index contributed by atoms with van der Waals surface area (Å²) in [6, 6.07) is 22.7. The Bertz CT molecular complexity index is 1810. The van der Waals surface area contributed by atoms with Crippen molar-refractivity contribution in [3.05, 3.63) is 95.5 Å². The number of thiophene rings is 2. The largest absolute Gasteiger partial charge is 0.512 e. The first-order chi connectivity index (χ1) is 21.9. The average molecular weight is 844 g/mol. The number of fused-ring (bicyclic) bond motifs is 1. The Labute approximate surface area is 302 Å². The molecule has 0 bridgehead atoms. The summed E-state index contributed by atoms with van der Waals surface area (Å²) in [6.07, 6.45) is 6.43. The maximum absolute atomic E-state index is 12.2. The normalized spacial score (nSPS) is 12.0. The van der Waals surface area contributed by atoms with Crippen LogP contribution in [0.3, 0.4) is 0 Å². The van der Waals surface area contributed by atoms with Crippen molar-refractivity contribution in [1.29, 1.82) is 0 Å². The van der Waals surface area contributed by atoms with Crippen molar-refractivity contribution >= 4 is 38.7 Å². The fraction of sp³-hybridized carbons (Fsp3) is 0.375. The average Bonchev–Trinajstić information content (AvgIpc) is 3.69. The minimum atomic E-state index is -0.337. The van der Waals surface area contributed by atoms with Crippen molar-refractivity contribution < 1.29 is 30.0 Å². The van der Waals surface area contributed by atoms with Gasteiger partial charge in [-0.25, -0.2) is 4.98 Å². The molecule has 3 aromatic heterocycles. The number of carbonyl (C=O) groups is 1. The minimum Gasteiger partial charge on any atom is -0.512 e. The van der Waals surface area contributed by atoms with Crippen LogP contribution >= 0.6 is 22.7 Å². The third kappa shape index (κ3) is 8.56. The molecule has 5 aromatic rings. The van der Waals surface area contributed by atoms with Crippen LogP contribution in [0.25, 0.3) is 41.7 Å². The maximum Gasteiger partial charge on any atom is 0.164 e. The zero-order valence-corrected chi connectivity index (χ0v) is 33.1. The van der Waals surface area contributed by atoms with E-state index in [1.807, 2.05) is 52.9 Å². The molecule has 251 valence electrons. The van der Waals surface area contributed by atoms with Gasteiger partial charge in [0.1, 0.15) is 12.1 Å². The monoisotopic (exact) mass is 844 g/mol. The van der Waals surface area contributed by atoms with Crippen LogP contribution in [0, 0.1) is 37.7 Å². The number of carbonyl (C=O) groups excluding carboxylic acids is 1. The predicted molar refractivity (Wildman–Crippen MR) is 198 cm³/mol. The number of hydrogen-bond acceptors (Lipinski definition) is 6. The molecule has 5 rings (SSSR count). The van der Waals surface area contributed by atoms with Gasteiger partial charge >= 0.3 is 0 Å². The summed E-state index contributed by atoms with van der Waals surface area (Å²) >= 11 is 3.61. The molecule has 0 aliphatic carbocycles. The Morgan fingerprint density at radius 1 is 0.851 bits per heavy atom. The standard InChI is InChI=1S/C25H19N2S2.C15H28O2.Ir/c1-15-11-16(2)13-19(12-15)23-25-22(26-14-27-23)17(3)24(29-25)21-10-9-20(28-21)18-7-5-4-6-8-18;1-7-14(5,8-2)12(16)11-13(17)15(6,9-3)10-4;/h4-12,14H,1-3H3;11,16H,7-10H2,1-6H3;/q-1;;/b;12-11-;. The van der Waals surface area contributed by atoms with E-state index in [2.05, 4.69) is 91.4 Å². The second-order valence-electron chi connectivity index (χ2n) is 12.7. The second-order valence-corrected chi connectivity index (χ2v) is 14.8. The Balaban J connectivity index is 0.000000290. The summed E-state index contributed by atoms with van der Waals surface area (Å²) in [4.78, 5) is 25.3. The molecule has 1 N–H and O–H groups in total.